The van der Waals surface area contributed by atoms with Crippen LogP contribution >= 0.6 is 27.7 Å². The molecule has 0 atom stereocenters. The summed E-state index contributed by atoms with van der Waals surface area (Å²) in [5.41, 5.74) is 2.73. The zero-order chi connectivity index (χ0) is 18.9. The predicted molar refractivity (Wildman–Crippen MR) is 124 cm³/mol. The Morgan fingerprint density at radius 1 is 0.741 bits per heavy atom. The normalized spacial score (nSPS) is 12.7. The second-order valence-electron chi connectivity index (χ2n) is 7.52. The Hall–Kier alpha value is -0.930. The lowest BCUT2D eigenvalue weighted by Crippen LogP contribution is -2.21. The molecule has 1 aliphatic heterocycles. The molecule has 1 nitrogen and oxygen atoms in total. The molecule has 0 saturated heterocycles. The quantitative estimate of drug-likeness (QED) is 0.317. The first kappa shape index (κ1) is 20.8. The molecule has 0 unspecified atom stereocenters. The van der Waals surface area contributed by atoms with Crippen LogP contribution in [0.1, 0.15) is 71.1 Å². The fourth-order valence-corrected chi connectivity index (χ4v) is 5.45. The average molecular weight is 446 g/mol. The van der Waals surface area contributed by atoms with Crippen molar-refractivity contribution >= 4 is 39.1 Å². The van der Waals surface area contributed by atoms with Gasteiger partial charge in [0.15, 0.2) is 0 Å². The summed E-state index contributed by atoms with van der Waals surface area (Å²) in [7, 11) is 0. The first-order valence-electron chi connectivity index (χ1n) is 10.6. The molecule has 1 aliphatic rings. The van der Waals surface area contributed by atoms with Gasteiger partial charge in [-0.3, -0.25) is 0 Å². The van der Waals surface area contributed by atoms with E-state index in [0.717, 1.165) is 11.0 Å². The van der Waals surface area contributed by atoms with E-state index in [1.807, 2.05) is 11.8 Å². The molecule has 0 bridgehead atoms. The summed E-state index contributed by atoms with van der Waals surface area (Å²) < 4.78 is 1.16. The van der Waals surface area contributed by atoms with Crippen LogP contribution < -0.4 is 4.90 Å². The van der Waals surface area contributed by atoms with E-state index in [4.69, 9.17) is 0 Å². The van der Waals surface area contributed by atoms with Gasteiger partial charge in [0.25, 0.3) is 0 Å². The third-order valence-electron chi connectivity index (χ3n) is 5.32. The van der Waals surface area contributed by atoms with Crippen molar-refractivity contribution in [2.24, 2.45) is 0 Å². The van der Waals surface area contributed by atoms with Gasteiger partial charge in [-0.25, -0.2) is 0 Å². The molecule has 2 aromatic rings. The van der Waals surface area contributed by atoms with E-state index >= 15 is 0 Å². The van der Waals surface area contributed by atoms with Crippen LogP contribution in [0, 0.1) is 0 Å². The number of anilines is 2. The van der Waals surface area contributed by atoms with Gasteiger partial charge in [-0.2, -0.15) is 0 Å². The van der Waals surface area contributed by atoms with Crippen LogP contribution in [0.2, 0.25) is 0 Å². The third-order valence-corrected chi connectivity index (χ3v) is 6.93. The molecule has 0 aliphatic carbocycles. The number of benzene rings is 2. The topological polar surface area (TPSA) is 3.24 Å². The smallest absolute Gasteiger partial charge is 0.0553 e. The summed E-state index contributed by atoms with van der Waals surface area (Å²) >= 11 is 5.51. The van der Waals surface area contributed by atoms with E-state index in [-0.39, 0.29) is 0 Å². The van der Waals surface area contributed by atoms with Crippen molar-refractivity contribution in [3.63, 3.8) is 0 Å². The summed E-state index contributed by atoms with van der Waals surface area (Å²) in [6.07, 6.45) is 13.9. The van der Waals surface area contributed by atoms with Gasteiger partial charge in [0, 0.05) is 20.8 Å². The molecule has 146 valence electrons. The number of hydrogen-bond donors (Lipinski definition) is 0. The number of hydrogen-bond acceptors (Lipinski definition) is 2. The second kappa shape index (κ2) is 11.2. The van der Waals surface area contributed by atoms with Crippen LogP contribution in [-0.4, -0.2) is 6.54 Å². The van der Waals surface area contributed by atoms with Crippen LogP contribution in [-0.2, 0) is 0 Å². The SMILES string of the molecule is CCCCCCCCCCCCN1c2ccccc2Sc2cc(Br)ccc21. The summed E-state index contributed by atoms with van der Waals surface area (Å²) in [6, 6.07) is 15.5. The molecular formula is C24H32BrNS. The Labute approximate surface area is 178 Å². The average Bonchev–Trinajstić information content (AvgIpc) is 2.68. The maximum Gasteiger partial charge on any atom is 0.0553 e. The standard InChI is InChI=1S/C24H32BrNS/c1-2-3-4-5-6-7-8-9-10-13-18-26-21-14-11-12-15-23(21)27-24-19-20(25)16-17-22(24)26/h11-12,14-17,19H,2-10,13,18H2,1H3. The highest BCUT2D eigenvalue weighted by molar-refractivity contribution is 9.10. The summed E-state index contributed by atoms with van der Waals surface area (Å²) in [5.74, 6) is 0. The highest BCUT2D eigenvalue weighted by Gasteiger charge is 2.22. The number of nitrogens with zero attached hydrogens (tertiary/aromatic N) is 1. The van der Waals surface area contributed by atoms with E-state index in [9.17, 15) is 0 Å². The molecule has 0 aromatic heterocycles. The van der Waals surface area contributed by atoms with Crippen LogP contribution in [0.25, 0.3) is 0 Å². The van der Waals surface area contributed by atoms with Gasteiger partial charge in [-0.15, -0.1) is 0 Å². The lowest BCUT2D eigenvalue weighted by molar-refractivity contribution is 0.557. The maximum absolute atomic E-state index is 3.63. The lowest BCUT2D eigenvalue weighted by Gasteiger charge is -2.33. The van der Waals surface area contributed by atoms with E-state index in [0.29, 0.717) is 0 Å². The lowest BCUT2D eigenvalue weighted by atomic mass is 10.1. The van der Waals surface area contributed by atoms with Crippen molar-refractivity contribution in [1.82, 2.24) is 0 Å². The fraction of sp³-hybridized carbons (Fsp3) is 0.500. The molecule has 0 N–H and O–H groups in total. The van der Waals surface area contributed by atoms with Crippen molar-refractivity contribution in [2.45, 2.75) is 80.9 Å². The summed E-state index contributed by atoms with van der Waals surface area (Å²) in [6.45, 7) is 3.40. The second-order valence-corrected chi connectivity index (χ2v) is 9.51. The Morgan fingerprint density at radius 2 is 1.37 bits per heavy atom. The third kappa shape index (κ3) is 6.02. The maximum atomic E-state index is 3.63. The number of fused-ring (bicyclic) bond motifs is 2. The minimum absolute atomic E-state index is 1.11. The molecule has 0 saturated carbocycles. The molecule has 3 heteroatoms. The van der Waals surface area contributed by atoms with Crippen LogP contribution in [0.5, 0.6) is 0 Å². The number of unbranched alkanes of at least 4 members (excludes halogenated alkanes) is 9. The van der Waals surface area contributed by atoms with Crippen LogP contribution in [0.15, 0.2) is 56.7 Å². The Balaban J connectivity index is 1.47. The molecule has 0 fully saturated rings. The van der Waals surface area contributed by atoms with E-state index in [1.165, 1.54) is 85.4 Å². The summed E-state index contributed by atoms with van der Waals surface area (Å²) in [4.78, 5) is 5.25. The van der Waals surface area contributed by atoms with E-state index in [1.54, 1.807) is 0 Å². The largest absolute Gasteiger partial charge is 0.340 e. The Morgan fingerprint density at radius 3 is 2.11 bits per heavy atom. The highest BCUT2D eigenvalue weighted by Crippen LogP contribution is 2.48. The molecule has 3 rings (SSSR count). The van der Waals surface area contributed by atoms with Crippen molar-refractivity contribution in [3.05, 3.63) is 46.9 Å². The monoisotopic (exact) mass is 445 g/mol. The molecule has 27 heavy (non-hydrogen) atoms. The van der Waals surface area contributed by atoms with Gasteiger partial charge >= 0.3 is 0 Å². The van der Waals surface area contributed by atoms with Crippen LogP contribution in [0.4, 0.5) is 11.4 Å². The molecule has 0 spiro atoms. The van der Waals surface area contributed by atoms with Crippen molar-refractivity contribution < 1.29 is 0 Å². The molecule has 1 heterocycles. The number of rotatable bonds is 11. The van der Waals surface area contributed by atoms with Crippen molar-refractivity contribution in [1.29, 1.82) is 0 Å². The van der Waals surface area contributed by atoms with Gasteiger partial charge in [-0.05, 0) is 36.8 Å². The van der Waals surface area contributed by atoms with Gasteiger partial charge in [0.05, 0.1) is 11.4 Å². The van der Waals surface area contributed by atoms with Gasteiger partial charge in [-0.1, -0.05) is 105 Å². The number of halogens is 1. The number of para-hydroxylation sites is 1. The summed E-state index contributed by atoms with van der Waals surface area (Å²) in [5, 5.41) is 0. The fourth-order valence-electron chi connectivity index (χ4n) is 3.81. The molecule has 0 radical (unpaired) electrons. The minimum Gasteiger partial charge on any atom is -0.340 e. The van der Waals surface area contributed by atoms with E-state index < -0.39 is 0 Å². The zero-order valence-electron chi connectivity index (χ0n) is 16.6. The zero-order valence-corrected chi connectivity index (χ0v) is 19.0. The Kier molecular flexibility index (Phi) is 8.60. The minimum atomic E-state index is 1.11. The van der Waals surface area contributed by atoms with Crippen molar-refractivity contribution in [2.75, 3.05) is 11.4 Å². The highest BCUT2D eigenvalue weighted by atomic mass is 79.9. The Bertz CT molecular complexity index is 715. The molecular weight excluding hydrogens is 414 g/mol. The first-order valence-corrected chi connectivity index (χ1v) is 12.2. The van der Waals surface area contributed by atoms with E-state index in [2.05, 4.69) is 70.2 Å². The van der Waals surface area contributed by atoms with Crippen LogP contribution in [0.3, 0.4) is 0 Å². The van der Waals surface area contributed by atoms with Gasteiger partial charge in [0.1, 0.15) is 0 Å². The predicted octanol–water partition coefficient (Wildman–Crippen LogP) is 8.97. The molecule has 2 aromatic carbocycles. The first-order chi connectivity index (χ1) is 13.3. The van der Waals surface area contributed by atoms with Gasteiger partial charge < -0.3 is 4.90 Å². The van der Waals surface area contributed by atoms with Crippen molar-refractivity contribution in [3.8, 4) is 0 Å². The molecule has 0 amide bonds. The van der Waals surface area contributed by atoms with Gasteiger partial charge in [0.2, 0.25) is 0 Å².